The molecule has 0 bridgehead atoms. The van der Waals surface area contributed by atoms with Crippen LogP contribution in [0, 0.1) is 6.92 Å². The van der Waals surface area contributed by atoms with Crippen LogP contribution in [-0.4, -0.2) is 19.7 Å². The normalized spacial score (nSPS) is 11.8. The van der Waals surface area contributed by atoms with Crippen molar-refractivity contribution in [3.05, 3.63) is 53.9 Å². The molecule has 104 valence electrons. The fraction of sp³-hybridized carbons (Fsp3) is 0.250. The van der Waals surface area contributed by atoms with Crippen LogP contribution in [0.2, 0.25) is 13.1 Å². The molecule has 0 amide bonds. The van der Waals surface area contributed by atoms with Crippen molar-refractivity contribution < 1.29 is 4.43 Å². The summed E-state index contributed by atoms with van der Waals surface area (Å²) in [6, 6.07) is 12.0. The molecule has 0 saturated heterocycles. The van der Waals surface area contributed by atoms with Gasteiger partial charge in [0.25, 0.3) is 0 Å². The van der Waals surface area contributed by atoms with Gasteiger partial charge in [-0.25, -0.2) is 4.99 Å². The zero-order chi connectivity index (χ0) is 14.5. The summed E-state index contributed by atoms with van der Waals surface area (Å²) in [5.41, 5.74) is 3.85. The van der Waals surface area contributed by atoms with E-state index >= 15 is 0 Å². The Morgan fingerprint density at radius 3 is 2.65 bits per heavy atom. The van der Waals surface area contributed by atoms with Crippen molar-refractivity contribution in [1.29, 1.82) is 0 Å². The Morgan fingerprint density at radius 1 is 1.20 bits per heavy atom. The van der Waals surface area contributed by atoms with Crippen LogP contribution in [-0.2, 0) is 0 Å². The van der Waals surface area contributed by atoms with Crippen LogP contribution in [0.25, 0.3) is 0 Å². The summed E-state index contributed by atoms with van der Waals surface area (Å²) in [6.07, 6.45) is 1.78. The highest BCUT2D eigenvalue weighted by atomic mass is 28.3. The van der Waals surface area contributed by atoms with Crippen molar-refractivity contribution in [1.82, 2.24) is 4.98 Å². The summed E-state index contributed by atoms with van der Waals surface area (Å²) >= 11 is 0. The van der Waals surface area contributed by atoms with Gasteiger partial charge in [0.1, 0.15) is 11.4 Å². The first kappa shape index (κ1) is 14.5. The largest absolute Gasteiger partial charge is 0.546 e. The van der Waals surface area contributed by atoms with Crippen LogP contribution in [0.15, 0.2) is 47.6 Å². The number of aromatic nitrogens is 1. The number of pyridine rings is 1. The molecule has 1 heterocycles. The molecule has 3 nitrogen and oxygen atoms in total. The van der Waals surface area contributed by atoms with Gasteiger partial charge in [0.15, 0.2) is 0 Å². The van der Waals surface area contributed by atoms with Crippen LogP contribution in [0.5, 0.6) is 5.75 Å². The first-order chi connectivity index (χ1) is 9.56. The number of aliphatic imine (C=N–C) groups is 1. The minimum Gasteiger partial charge on any atom is -0.546 e. The molecular formula is C16H20N2OSi. The van der Waals surface area contributed by atoms with Gasteiger partial charge in [-0.2, -0.15) is 0 Å². The minimum atomic E-state index is -1.14. The molecule has 1 aromatic heterocycles. The second kappa shape index (κ2) is 6.48. The number of benzene rings is 1. The van der Waals surface area contributed by atoms with E-state index in [9.17, 15) is 0 Å². The second-order valence-corrected chi connectivity index (χ2v) is 7.38. The van der Waals surface area contributed by atoms with Crippen molar-refractivity contribution in [2.45, 2.75) is 26.9 Å². The van der Waals surface area contributed by atoms with E-state index in [-0.39, 0.29) is 0 Å². The highest BCUT2D eigenvalue weighted by Crippen LogP contribution is 2.29. The second-order valence-electron chi connectivity index (χ2n) is 5.05. The first-order valence-corrected chi connectivity index (χ1v) is 9.58. The fourth-order valence-corrected chi connectivity index (χ4v) is 2.59. The molecule has 0 atom stereocenters. The molecule has 1 aromatic carbocycles. The summed E-state index contributed by atoms with van der Waals surface area (Å²) in [6.45, 7) is 8.34. The highest BCUT2D eigenvalue weighted by Gasteiger charge is 2.07. The van der Waals surface area contributed by atoms with Crippen LogP contribution < -0.4 is 4.43 Å². The number of aryl methyl sites for hydroxylation is 1. The number of hydrogen-bond donors (Lipinski definition) is 0. The molecule has 4 heteroatoms. The van der Waals surface area contributed by atoms with Gasteiger partial charge in [-0.1, -0.05) is 12.1 Å². The first-order valence-electron chi connectivity index (χ1n) is 6.80. The van der Waals surface area contributed by atoms with Crippen LogP contribution in [0.4, 0.5) is 5.69 Å². The Kier molecular flexibility index (Phi) is 4.68. The van der Waals surface area contributed by atoms with Crippen molar-refractivity contribution in [3.63, 3.8) is 0 Å². The third kappa shape index (κ3) is 3.77. The highest BCUT2D eigenvalue weighted by molar-refractivity contribution is 6.49. The molecule has 0 spiro atoms. The molecule has 0 aliphatic rings. The molecule has 20 heavy (non-hydrogen) atoms. The lowest BCUT2D eigenvalue weighted by atomic mass is 10.2. The molecule has 2 aromatic rings. The summed E-state index contributed by atoms with van der Waals surface area (Å²) < 4.78 is 5.95. The van der Waals surface area contributed by atoms with E-state index in [1.165, 1.54) is 5.56 Å². The van der Waals surface area contributed by atoms with E-state index in [4.69, 9.17) is 9.42 Å². The maximum absolute atomic E-state index is 5.95. The molecule has 0 radical (unpaired) electrons. The average molecular weight is 284 g/mol. The SMILES string of the molecule is CC(=Nc1cc(C)ccc1O[SiH](C)C)c1ccccn1. The zero-order valence-corrected chi connectivity index (χ0v) is 13.6. The fourth-order valence-electron chi connectivity index (χ4n) is 1.88. The zero-order valence-electron chi connectivity index (χ0n) is 12.4. The lowest BCUT2D eigenvalue weighted by molar-refractivity contribution is 0.582. The molecular weight excluding hydrogens is 264 g/mol. The van der Waals surface area contributed by atoms with Gasteiger partial charge in [-0.15, -0.1) is 0 Å². The molecule has 2 rings (SSSR count). The Labute approximate surface area is 122 Å². The molecule has 0 saturated carbocycles. The Morgan fingerprint density at radius 2 is 2.00 bits per heavy atom. The van der Waals surface area contributed by atoms with Crippen molar-refractivity contribution in [2.75, 3.05) is 0 Å². The van der Waals surface area contributed by atoms with E-state index < -0.39 is 9.04 Å². The van der Waals surface area contributed by atoms with Gasteiger partial charge < -0.3 is 4.43 Å². The van der Waals surface area contributed by atoms with Crippen LogP contribution >= 0.6 is 0 Å². The monoisotopic (exact) mass is 284 g/mol. The Balaban J connectivity index is 2.39. The summed E-state index contributed by atoms with van der Waals surface area (Å²) in [7, 11) is -1.14. The van der Waals surface area contributed by atoms with Crippen molar-refractivity contribution in [2.24, 2.45) is 4.99 Å². The number of rotatable bonds is 4. The molecule has 0 aliphatic carbocycles. The summed E-state index contributed by atoms with van der Waals surface area (Å²) in [5, 5.41) is 0. The van der Waals surface area contributed by atoms with Gasteiger partial charge in [0.2, 0.25) is 9.04 Å². The summed E-state index contributed by atoms with van der Waals surface area (Å²) in [4.78, 5) is 9.02. The van der Waals surface area contributed by atoms with Crippen LogP contribution in [0.3, 0.4) is 0 Å². The van der Waals surface area contributed by atoms with E-state index in [1.807, 2.05) is 31.2 Å². The maximum Gasteiger partial charge on any atom is 0.229 e. The third-order valence-corrected chi connectivity index (χ3v) is 3.53. The van der Waals surface area contributed by atoms with Gasteiger partial charge in [0.05, 0.1) is 11.4 Å². The number of nitrogens with zero attached hydrogens (tertiary/aromatic N) is 2. The average Bonchev–Trinajstić information content (AvgIpc) is 2.42. The third-order valence-electron chi connectivity index (χ3n) is 2.80. The summed E-state index contributed by atoms with van der Waals surface area (Å²) in [5.74, 6) is 0.868. The predicted octanol–water partition coefficient (Wildman–Crippen LogP) is 3.89. The number of hydrogen-bond acceptors (Lipinski definition) is 3. The van der Waals surface area contributed by atoms with E-state index in [0.717, 1.165) is 22.8 Å². The van der Waals surface area contributed by atoms with Gasteiger partial charge in [-0.3, -0.25) is 4.98 Å². The standard InChI is InChI=1S/C16H20N2OSi/c1-12-8-9-16(19-20(3)4)15(11-12)18-13(2)14-7-5-6-10-17-14/h5-11,20H,1-4H3. The van der Waals surface area contributed by atoms with Crippen molar-refractivity contribution in [3.8, 4) is 5.75 Å². The lowest BCUT2D eigenvalue weighted by Gasteiger charge is -2.13. The van der Waals surface area contributed by atoms with E-state index in [0.29, 0.717) is 0 Å². The van der Waals surface area contributed by atoms with E-state index in [1.54, 1.807) is 6.20 Å². The van der Waals surface area contributed by atoms with Gasteiger partial charge >= 0.3 is 0 Å². The minimum absolute atomic E-state index is 0.868. The van der Waals surface area contributed by atoms with Gasteiger partial charge in [-0.05, 0) is 56.8 Å². The maximum atomic E-state index is 5.95. The Bertz CT molecular complexity index is 609. The van der Waals surface area contributed by atoms with E-state index in [2.05, 4.69) is 37.1 Å². The lowest BCUT2D eigenvalue weighted by Crippen LogP contribution is -2.11. The molecule has 0 aliphatic heterocycles. The quantitative estimate of drug-likeness (QED) is 0.630. The molecule has 0 N–H and O–H groups in total. The van der Waals surface area contributed by atoms with Crippen LogP contribution in [0.1, 0.15) is 18.2 Å². The molecule has 0 unspecified atom stereocenters. The predicted molar refractivity (Wildman–Crippen MR) is 86.8 cm³/mol. The smallest absolute Gasteiger partial charge is 0.229 e. The molecule has 0 fully saturated rings. The van der Waals surface area contributed by atoms with Crippen molar-refractivity contribution >= 4 is 20.4 Å². The van der Waals surface area contributed by atoms with Gasteiger partial charge in [0, 0.05) is 6.20 Å². The topological polar surface area (TPSA) is 34.5 Å². The Hall–Kier alpha value is -1.94.